The highest BCUT2D eigenvalue weighted by Crippen LogP contribution is 2.43. The molecule has 1 unspecified atom stereocenters. The zero-order valence-corrected chi connectivity index (χ0v) is 16.4. The van der Waals surface area contributed by atoms with E-state index in [1.807, 2.05) is 6.07 Å². The molecule has 0 spiro atoms. The molecule has 2 aromatic carbocycles. The quantitative estimate of drug-likeness (QED) is 0.713. The van der Waals surface area contributed by atoms with E-state index in [0.717, 1.165) is 29.5 Å². The number of rotatable bonds is 6. The lowest BCUT2D eigenvalue weighted by Crippen LogP contribution is -2.33. The lowest BCUT2D eigenvalue weighted by Gasteiger charge is -2.33. The number of aliphatic hydroxyl groups excluding tert-OH is 2. The molecule has 1 aliphatic heterocycles. The Morgan fingerprint density at radius 2 is 1.77 bits per heavy atom. The maximum Gasteiger partial charge on any atom is 0.573 e. The summed E-state index contributed by atoms with van der Waals surface area (Å²) in [6, 6.07) is 12.1. The second kappa shape index (κ2) is 8.57. The van der Waals surface area contributed by atoms with E-state index in [4.69, 9.17) is 4.74 Å². The summed E-state index contributed by atoms with van der Waals surface area (Å²) in [5.74, 6) is 0.284. The van der Waals surface area contributed by atoms with E-state index in [9.17, 15) is 23.4 Å². The first kappa shape index (κ1) is 21.2. The monoisotopic (exact) mass is 422 g/mol. The van der Waals surface area contributed by atoms with E-state index in [-0.39, 0.29) is 24.6 Å². The summed E-state index contributed by atoms with van der Waals surface area (Å²) in [5, 5.41) is 19.5. The van der Waals surface area contributed by atoms with Crippen molar-refractivity contribution in [2.24, 2.45) is 0 Å². The van der Waals surface area contributed by atoms with Crippen molar-refractivity contribution in [3.05, 3.63) is 64.7 Å². The fourth-order valence-electron chi connectivity index (χ4n) is 4.12. The molecule has 3 atom stereocenters. The minimum Gasteiger partial charge on any atom is -0.406 e. The van der Waals surface area contributed by atoms with Crippen LogP contribution in [0.3, 0.4) is 0 Å². The van der Waals surface area contributed by atoms with Gasteiger partial charge in [0.25, 0.3) is 0 Å². The molecule has 0 aromatic heterocycles. The van der Waals surface area contributed by atoms with Gasteiger partial charge in [-0.25, -0.2) is 0 Å². The van der Waals surface area contributed by atoms with Gasteiger partial charge in [-0.05, 0) is 59.6 Å². The molecule has 0 radical (unpaired) electrons. The molecule has 2 N–H and O–H groups in total. The van der Waals surface area contributed by atoms with Gasteiger partial charge in [-0.2, -0.15) is 0 Å². The van der Waals surface area contributed by atoms with Crippen molar-refractivity contribution in [1.82, 2.24) is 0 Å². The summed E-state index contributed by atoms with van der Waals surface area (Å²) in [5.41, 5.74) is 4.21. The third-order valence-electron chi connectivity index (χ3n) is 5.69. The van der Waals surface area contributed by atoms with E-state index in [1.54, 1.807) is 12.1 Å². The van der Waals surface area contributed by atoms with Crippen LogP contribution in [0.1, 0.15) is 60.0 Å². The Bertz CT molecular complexity index is 862. The largest absolute Gasteiger partial charge is 0.573 e. The third kappa shape index (κ3) is 5.33. The Balaban J connectivity index is 1.55. The average Bonchev–Trinajstić information content (AvgIpc) is 3.53. The Morgan fingerprint density at radius 1 is 1.03 bits per heavy atom. The van der Waals surface area contributed by atoms with Crippen LogP contribution in [-0.4, -0.2) is 35.4 Å². The van der Waals surface area contributed by atoms with Gasteiger partial charge < -0.3 is 19.7 Å². The zero-order valence-electron chi connectivity index (χ0n) is 16.4. The molecular weight excluding hydrogens is 397 g/mol. The van der Waals surface area contributed by atoms with Crippen molar-refractivity contribution >= 4 is 0 Å². The van der Waals surface area contributed by atoms with Crippen LogP contribution in [0, 0.1) is 0 Å². The van der Waals surface area contributed by atoms with Crippen LogP contribution < -0.4 is 4.74 Å². The van der Waals surface area contributed by atoms with Crippen molar-refractivity contribution in [2.75, 3.05) is 6.61 Å². The fourth-order valence-corrected chi connectivity index (χ4v) is 4.12. The van der Waals surface area contributed by atoms with Crippen molar-refractivity contribution in [2.45, 2.75) is 62.7 Å². The van der Waals surface area contributed by atoms with E-state index < -0.39 is 12.5 Å². The van der Waals surface area contributed by atoms with Crippen LogP contribution in [0.2, 0.25) is 0 Å². The molecule has 1 aliphatic carbocycles. The van der Waals surface area contributed by atoms with Crippen molar-refractivity contribution in [3.63, 3.8) is 0 Å². The highest BCUT2D eigenvalue weighted by atomic mass is 19.4. The van der Waals surface area contributed by atoms with E-state index >= 15 is 0 Å². The highest BCUT2D eigenvalue weighted by molar-refractivity contribution is 5.41. The molecular formula is C23H25F3O4. The maximum atomic E-state index is 12.4. The predicted molar refractivity (Wildman–Crippen MR) is 104 cm³/mol. The Morgan fingerprint density at radius 3 is 2.40 bits per heavy atom. The number of hydrogen-bond acceptors (Lipinski definition) is 4. The molecule has 1 heterocycles. The Kier molecular flexibility index (Phi) is 6.04. The normalized spacial score (nSPS) is 24.6. The second-order valence-corrected chi connectivity index (χ2v) is 8.16. The van der Waals surface area contributed by atoms with E-state index in [1.165, 1.54) is 17.7 Å². The molecule has 4 rings (SSSR count). The minimum atomic E-state index is -4.70. The van der Waals surface area contributed by atoms with Gasteiger partial charge in [0.15, 0.2) is 0 Å². The SMILES string of the molecule is OC[C@@H]1CC(O)C[C@H](c2ccc(C3CC3)c(Cc3ccc(OC(F)(F)F)cc3)c2)O1. The maximum absolute atomic E-state index is 12.4. The van der Waals surface area contributed by atoms with Crippen molar-refractivity contribution < 1.29 is 32.9 Å². The van der Waals surface area contributed by atoms with Crippen LogP contribution in [-0.2, 0) is 11.2 Å². The number of ether oxygens (including phenoxy) is 2. The molecule has 2 fully saturated rings. The molecule has 30 heavy (non-hydrogen) atoms. The lowest BCUT2D eigenvalue weighted by atomic mass is 9.90. The van der Waals surface area contributed by atoms with Crippen LogP contribution in [0.5, 0.6) is 5.75 Å². The number of aliphatic hydroxyl groups is 2. The first-order valence-electron chi connectivity index (χ1n) is 10.2. The van der Waals surface area contributed by atoms with Crippen LogP contribution in [0.15, 0.2) is 42.5 Å². The fraction of sp³-hybridized carbons (Fsp3) is 0.478. The first-order valence-corrected chi connectivity index (χ1v) is 10.2. The van der Waals surface area contributed by atoms with Gasteiger partial charge in [0.1, 0.15) is 5.75 Å². The standard InChI is InChI=1S/C23H25F3O4/c24-23(25,26)30-19-6-1-14(2-7-19)9-17-10-16(5-8-21(17)15-3-4-15)22-12-18(28)11-20(13-27)29-22/h1-2,5-8,10,15,18,20,22,27-28H,3-4,9,11-13H2/t18?,20-,22+/m0/s1. The molecule has 0 amide bonds. The van der Waals surface area contributed by atoms with Crippen molar-refractivity contribution in [1.29, 1.82) is 0 Å². The summed E-state index contributed by atoms with van der Waals surface area (Å²) in [7, 11) is 0. The molecule has 4 nitrogen and oxygen atoms in total. The molecule has 2 aromatic rings. The predicted octanol–water partition coefficient (Wildman–Crippen LogP) is 4.63. The highest BCUT2D eigenvalue weighted by Gasteiger charge is 2.32. The topological polar surface area (TPSA) is 58.9 Å². The average molecular weight is 422 g/mol. The minimum absolute atomic E-state index is 0.132. The number of alkyl halides is 3. The van der Waals surface area contributed by atoms with Crippen LogP contribution >= 0.6 is 0 Å². The summed E-state index contributed by atoms with van der Waals surface area (Å²) >= 11 is 0. The van der Waals surface area contributed by atoms with Gasteiger partial charge in [0.05, 0.1) is 24.9 Å². The summed E-state index contributed by atoms with van der Waals surface area (Å²) < 4.78 is 47.0. The first-order chi connectivity index (χ1) is 14.3. The Labute approximate surface area is 173 Å². The van der Waals surface area contributed by atoms with E-state index in [2.05, 4.69) is 16.9 Å². The van der Waals surface area contributed by atoms with Gasteiger partial charge in [-0.1, -0.05) is 30.3 Å². The molecule has 2 aliphatic rings. The molecule has 162 valence electrons. The molecule has 7 heteroatoms. The van der Waals surface area contributed by atoms with Crippen molar-refractivity contribution in [3.8, 4) is 5.75 Å². The van der Waals surface area contributed by atoms with Gasteiger partial charge >= 0.3 is 6.36 Å². The van der Waals surface area contributed by atoms with Gasteiger partial charge in [0.2, 0.25) is 0 Å². The molecule has 1 saturated carbocycles. The summed E-state index contributed by atoms with van der Waals surface area (Å²) in [6.45, 7) is -0.132. The lowest BCUT2D eigenvalue weighted by molar-refractivity contribution is -0.274. The molecule has 0 bridgehead atoms. The summed E-state index contributed by atoms with van der Waals surface area (Å²) in [6.07, 6.45) is -2.14. The smallest absolute Gasteiger partial charge is 0.406 e. The number of halogens is 3. The molecule has 1 saturated heterocycles. The zero-order chi connectivity index (χ0) is 21.3. The number of hydrogen-bond donors (Lipinski definition) is 2. The van der Waals surface area contributed by atoms with Crippen LogP contribution in [0.4, 0.5) is 13.2 Å². The van der Waals surface area contributed by atoms with Gasteiger partial charge in [0, 0.05) is 12.8 Å². The van der Waals surface area contributed by atoms with Crippen LogP contribution in [0.25, 0.3) is 0 Å². The second-order valence-electron chi connectivity index (χ2n) is 8.16. The summed E-state index contributed by atoms with van der Waals surface area (Å²) in [4.78, 5) is 0. The van der Waals surface area contributed by atoms with Gasteiger partial charge in [-0.3, -0.25) is 0 Å². The number of benzene rings is 2. The third-order valence-corrected chi connectivity index (χ3v) is 5.69. The Hall–Kier alpha value is -2.09. The van der Waals surface area contributed by atoms with E-state index in [0.29, 0.717) is 25.2 Å². The van der Waals surface area contributed by atoms with Gasteiger partial charge in [-0.15, -0.1) is 13.2 Å².